The molecule has 0 spiro atoms. The molecule has 72 valence electrons. The zero-order valence-corrected chi connectivity index (χ0v) is 8.56. The molecule has 1 aliphatic rings. The highest BCUT2D eigenvalue weighted by molar-refractivity contribution is 5.27. The molecule has 0 amide bonds. The van der Waals surface area contributed by atoms with Crippen LogP contribution in [0.4, 0.5) is 0 Å². The maximum atomic E-state index is 4.44. The average Bonchev–Trinajstić information content (AvgIpc) is 2.72. The molecule has 1 N–H and O–H groups in total. The number of aryl methyl sites for hydroxylation is 1. The fraction of sp³-hybridized carbons (Fsp3) is 0.727. The van der Waals surface area contributed by atoms with Gasteiger partial charge in [-0.15, -0.1) is 0 Å². The summed E-state index contributed by atoms with van der Waals surface area (Å²) >= 11 is 0. The van der Waals surface area contributed by atoms with E-state index in [0.717, 1.165) is 12.3 Å². The van der Waals surface area contributed by atoms with Gasteiger partial charge in [-0.25, -0.2) is 0 Å². The van der Waals surface area contributed by atoms with Gasteiger partial charge in [0.05, 0.1) is 5.69 Å². The molecule has 1 aromatic heterocycles. The third kappa shape index (κ3) is 1.50. The molecule has 2 heteroatoms. The Morgan fingerprint density at radius 1 is 1.38 bits per heavy atom. The van der Waals surface area contributed by atoms with Gasteiger partial charge in [-0.05, 0) is 31.7 Å². The topological polar surface area (TPSA) is 28.7 Å². The smallest absolute Gasteiger partial charge is 0.0684 e. The highest BCUT2D eigenvalue weighted by Crippen LogP contribution is 2.35. The summed E-state index contributed by atoms with van der Waals surface area (Å²) in [6, 6.07) is 0. The van der Waals surface area contributed by atoms with Crippen LogP contribution in [0.1, 0.15) is 55.5 Å². The summed E-state index contributed by atoms with van der Waals surface area (Å²) in [6.07, 6.45) is 6.53. The van der Waals surface area contributed by atoms with Crippen molar-refractivity contribution in [1.29, 1.82) is 0 Å². The molecule has 1 saturated carbocycles. The van der Waals surface area contributed by atoms with Gasteiger partial charge in [0.25, 0.3) is 0 Å². The van der Waals surface area contributed by atoms with Crippen LogP contribution in [0.3, 0.4) is 0 Å². The molecule has 0 unspecified atom stereocenters. The summed E-state index contributed by atoms with van der Waals surface area (Å²) in [5.41, 5.74) is 4.07. The van der Waals surface area contributed by atoms with Crippen molar-refractivity contribution in [2.24, 2.45) is 0 Å². The first kappa shape index (κ1) is 8.79. The summed E-state index contributed by atoms with van der Waals surface area (Å²) in [7, 11) is 0. The van der Waals surface area contributed by atoms with E-state index in [-0.39, 0.29) is 0 Å². The maximum absolute atomic E-state index is 4.44. The zero-order valence-electron chi connectivity index (χ0n) is 8.56. The molecule has 0 radical (unpaired) electrons. The monoisotopic (exact) mass is 178 g/mol. The average molecular weight is 178 g/mol. The number of aromatic amines is 1. The van der Waals surface area contributed by atoms with Crippen molar-refractivity contribution in [3.8, 4) is 0 Å². The van der Waals surface area contributed by atoms with E-state index < -0.39 is 0 Å². The second-order valence-corrected chi connectivity index (χ2v) is 4.05. The molecular weight excluding hydrogens is 160 g/mol. The fourth-order valence-corrected chi connectivity index (χ4v) is 2.39. The largest absolute Gasteiger partial charge is 0.282 e. The lowest BCUT2D eigenvalue weighted by atomic mass is 9.99. The van der Waals surface area contributed by atoms with Gasteiger partial charge in [-0.3, -0.25) is 5.10 Å². The van der Waals surface area contributed by atoms with E-state index in [1.165, 1.54) is 42.6 Å². The second-order valence-electron chi connectivity index (χ2n) is 4.05. The fourth-order valence-electron chi connectivity index (χ4n) is 2.39. The van der Waals surface area contributed by atoms with Crippen molar-refractivity contribution in [2.75, 3.05) is 0 Å². The van der Waals surface area contributed by atoms with E-state index in [1.807, 2.05) is 0 Å². The number of aromatic nitrogens is 2. The molecule has 1 aromatic rings. The first-order chi connectivity index (χ1) is 6.33. The van der Waals surface area contributed by atoms with Crippen LogP contribution < -0.4 is 0 Å². The van der Waals surface area contributed by atoms with Crippen LogP contribution in [0.2, 0.25) is 0 Å². The Morgan fingerprint density at radius 2 is 2.08 bits per heavy atom. The van der Waals surface area contributed by atoms with Crippen LogP contribution in [0, 0.1) is 6.92 Å². The lowest BCUT2D eigenvalue weighted by Crippen LogP contribution is -1.95. The minimum atomic E-state index is 0.747. The van der Waals surface area contributed by atoms with Crippen molar-refractivity contribution in [1.82, 2.24) is 10.2 Å². The van der Waals surface area contributed by atoms with E-state index in [4.69, 9.17) is 0 Å². The molecular formula is C11H18N2. The van der Waals surface area contributed by atoms with Gasteiger partial charge in [0.15, 0.2) is 0 Å². The summed E-state index contributed by atoms with van der Waals surface area (Å²) in [6.45, 7) is 4.38. The van der Waals surface area contributed by atoms with Gasteiger partial charge in [-0.1, -0.05) is 19.8 Å². The first-order valence-electron chi connectivity index (χ1n) is 5.36. The number of H-pyrrole nitrogens is 1. The summed E-state index contributed by atoms with van der Waals surface area (Å²) in [4.78, 5) is 0. The minimum Gasteiger partial charge on any atom is -0.282 e. The summed E-state index contributed by atoms with van der Waals surface area (Å²) in [5.74, 6) is 0.747. The van der Waals surface area contributed by atoms with Crippen LogP contribution in [0.5, 0.6) is 0 Å². The number of nitrogens with zero attached hydrogens (tertiary/aromatic N) is 1. The van der Waals surface area contributed by atoms with E-state index in [0.29, 0.717) is 0 Å². The molecule has 1 aliphatic carbocycles. The molecule has 1 heterocycles. The van der Waals surface area contributed by atoms with Crippen molar-refractivity contribution in [3.63, 3.8) is 0 Å². The van der Waals surface area contributed by atoms with Crippen molar-refractivity contribution in [2.45, 2.75) is 51.9 Å². The van der Waals surface area contributed by atoms with Gasteiger partial charge >= 0.3 is 0 Å². The molecule has 0 aliphatic heterocycles. The predicted molar refractivity (Wildman–Crippen MR) is 53.9 cm³/mol. The van der Waals surface area contributed by atoms with Gasteiger partial charge < -0.3 is 0 Å². The van der Waals surface area contributed by atoms with Gasteiger partial charge in [-0.2, -0.15) is 5.10 Å². The third-order valence-corrected chi connectivity index (χ3v) is 3.24. The van der Waals surface area contributed by atoms with Crippen LogP contribution >= 0.6 is 0 Å². The van der Waals surface area contributed by atoms with Crippen LogP contribution in [0.15, 0.2) is 0 Å². The van der Waals surface area contributed by atoms with Gasteiger partial charge in [0.2, 0.25) is 0 Å². The van der Waals surface area contributed by atoms with Crippen molar-refractivity contribution < 1.29 is 0 Å². The van der Waals surface area contributed by atoms with Crippen LogP contribution in [0.25, 0.3) is 0 Å². The van der Waals surface area contributed by atoms with Crippen molar-refractivity contribution >= 4 is 0 Å². The second kappa shape index (κ2) is 3.52. The number of rotatable bonds is 2. The molecule has 0 bridgehead atoms. The van der Waals surface area contributed by atoms with E-state index >= 15 is 0 Å². The highest BCUT2D eigenvalue weighted by Gasteiger charge is 2.21. The van der Waals surface area contributed by atoms with Gasteiger partial charge in [0.1, 0.15) is 0 Å². The summed E-state index contributed by atoms with van der Waals surface area (Å²) < 4.78 is 0. The number of nitrogens with one attached hydrogen (secondary N) is 1. The highest BCUT2D eigenvalue weighted by atomic mass is 15.1. The lowest BCUT2D eigenvalue weighted by molar-refractivity contribution is 0.688. The third-order valence-electron chi connectivity index (χ3n) is 3.24. The molecule has 13 heavy (non-hydrogen) atoms. The SMILES string of the molecule is CCc1[nH]nc(C2CCCC2)c1C. The Morgan fingerprint density at radius 3 is 2.62 bits per heavy atom. The van der Waals surface area contributed by atoms with E-state index in [9.17, 15) is 0 Å². The lowest BCUT2D eigenvalue weighted by Gasteiger charge is -2.05. The van der Waals surface area contributed by atoms with Crippen LogP contribution in [-0.2, 0) is 6.42 Å². The molecule has 0 saturated heterocycles. The zero-order chi connectivity index (χ0) is 9.26. The predicted octanol–water partition coefficient (Wildman–Crippen LogP) is 2.94. The number of hydrogen-bond donors (Lipinski definition) is 1. The molecule has 0 atom stereocenters. The van der Waals surface area contributed by atoms with Crippen LogP contribution in [-0.4, -0.2) is 10.2 Å². The normalized spacial score (nSPS) is 18.3. The van der Waals surface area contributed by atoms with E-state index in [2.05, 4.69) is 24.0 Å². The summed E-state index contributed by atoms with van der Waals surface area (Å²) in [5, 5.41) is 7.59. The molecule has 2 rings (SSSR count). The maximum Gasteiger partial charge on any atom is 0.0684 e. The Labute approximate surface area is 79.7 Å². The van der Waals surface area contributed by atoms with Gasteiger partial charge in [0, 0.05) is 11.6 Å². The van der Waals surface area contributed by atoms with Crippen molar-refractivity contribution in [3.05, 3.63) is 17.0 Å². The Balaban J connectivity index is 2.24. The molecule has 1 fully saturated rings. The Kier molecular flexibility index (Phi) is 2.38. The number of hydrogen-bond acceptors (Lipinski definition) is 1. The minimum absolute atomic E-state index is 0.747. The van der Waals surface area contributed by atoms with E-state index in [1.54, 1.807) is 0 Å². The first-order valence-corrected chi connectivity index (χ1v) is 5.36. The quantitative estimate of drug-likeness (QED) is 0.741. The Hall–Kier alpha value is -0.790. The Bertz CT molecular complexity index is 282. The molecule has 2 nitrogen and oxygen atoms in total. The molecule has 0 aromatic carbocycles. The standard InChI is InChI=1S/C11H18N2/c1-3-10-8(2)11(13-12-10)9-6-4-5-7-9/h9H,3-7H2,1-2H3,(H,12,13).